The number of anilines is 1. The molecule has 0 unspecified atom stereocenters. The smallest absolute Gasteiger partial charge is 0.255 e. The molecular weight excluding hydrogens is 308 g/mol. The van der Waals surface area contributed by atoms with Gasteiger partial charge in [-0.2, -0.15) is 0 Å². The first-order valence-corrected chi connectivity index (χ1v) is 8.30. The van der Waals surface area contributed by atoms with Gasteiger partial charge in [0.05, 0.1) is 25.3 Å². The molecule has 0 spiro atoms. The maximum Gasteiger partial charge on any atom is 0.255 e. The van der Waals surface area contributed by atoms with Gasteiger partial charge in [-0.1, -0.05) is 0 Å². The number of ether oxygens (including phenoxy) is 1. The second-order valence-corrected chi connectivity index (χ2v) is 5.94. The fourth-order valence-electron chi connectivity index (χ4n) is 3.20. The predicted octanol–water partition coefficient (Wildman–Crippen LogP) is 0.386. The molecule has 2 aliphatic rings. The average Bonchev–Trinajstić information content (AvgIpc) is 3.24. The Balaban J connectivity index is 1.48. The number of hydrogen-bond donors (Lipinski definition) is 1. The van der Waals surface area contributed by atoms with E-state index >= 15 is 0 Å². The SMILES string of the molecule is O=C(NCc1nnc2n1CCC2)c1cccnc1N1CCOCC1. The van der Waals surface area contributed by atoms with E-state index in [0.29, 0.717) is 31.1 Å². The molecule has 1 N–H and O–H groups in total. The number of aromatic nitrogens is 4. The third-order valence-electron chi connectivity index (χ3n) is 4.44. The fourth-order valence-corrected chi connectivity index (χ4v) is 3.20. The molecule has 8 nitrogen and oxygen atoms in total. The van der Waals surface area contributed by atoms with E-state index in [4.69, 9.17) is 4.74 Å². The molecule has 0 aromatic carbocycles. The summed E-state index contributed by atoms with van der Waals surface area (Å²) in [6.07, 6.45) is 3.77. The highest BCUT2D eigenvalue weighted by atomic mass is 16.5. The first-order valence-electron chi connectivity index (χ1n) is 8.30. The number of aryl methyl sites for hydroxylation is 1. The van der Waals surface area contributed by atoms with Gasteiger partial charge in [-0.3, -0.25) is 4.79 Å². The Hall–Kier alpha value is -2.48. The van der Waals surface area contributed by atoms with Crippen LogP contribution in [0.4, 0.5) is 5.82 Å². The van der Waals surface area contributed by atoms with E-state index in [2.05, 4.69) is 30.0 Å². The molecule has 24 heavy (non-hydrogen) atoms. The molecule has 4 heterocycles. The third kappa shape index (κ3) is 2.84. The highest BCUT2D eigenvalue weighted by Gasteiger charge is 2.21. The van der Waals surface area contributed by atoms with Crippen molar-refractivity contribution in [3.05, 3.63) is 35.5 Å². The summed E-state index contributed by atoms with van der Waals surface area (Å²) in [5.74, 6) is 2.40. The molecule has 126 valence electrons. The van der Waals surface area contributed by atoms with Crippen molar-refractivity contribution in [2.75, 3.05) is 31.2 Å². The summed E-state index contributed by atoms with van der Waals surface area (Å²) in [5, 5.41) is 11.3. The van der Waals surface area contributed by atoms with Crippen molar-refractivity contribution in [2.45, 2.75) is 25.9 Å². The Morgan fingerprint density at radius 2 is 2.12 bits per heavy atom. The number of carbonyl (C=O) groups is 1. The second-order valence-electron chi connectivity index (χ2n) is 5.94. The highest BCUT2D eigenvalue weighted by Crippen LogP contribution is 2.19. The van der Waals surface area contributed by atoms with Gasteiger partial charge < -0.3 is 19.5 Å². The second kappa shape index (κ2) is 6.56. The third-order valence-corrected chi connectivity index (χ3v) is 4.44. The number of hydrogen-bond acceptors (Lipinski definition) is 6. The lowest BCUT2D eigenvalue weighted by atomic mass is 10.2. The first kappa shape index (κ1) is 15.1. The molecule has 1 saturated heterocycles. The molecule has 8 heteroatoms. The van der Waals surface area contributed by atoms with Crippen LogP contribution in [0, 0.1) is 0 Å². The van der Waals surface area contributed by atoms with Gasteiger partial charge in [-0.05, 0) is 18.6 Å². The lowest BCUT2D eigenvalue weighted by molar-refractivity contribution is 0.0947. The number of nitrogens with one attached hydrogen (secondary N) is 1. The van der Waals surface area contributed by atoms with E-state index in [1.165, 1.54) is 0 Å². The topological polar surface area (TPSA) is 85.2 Å². The molecule has 2 aromatic heterocycles. The van der Waals surface area contributed by atoms with Crippen LogP contribution >= 0.6 is 0 Å². The van der Waals surface area contributed by atoms with Gasteiger partial charge in [0.25, 0.3) is 5.91 Å². The summed E-state index contributed by atoms with van der Waals surface area (Å²) < 4.78 is 7.46. The summed E-state index contributed by atoms with van der Waals surface area (Å²) >= 11 is 0. The lowest BCUT2D eigenvalue weighted by Crippen LogP contribution is -2.38. The van der Waals surface area contributed by atoms with Crippen LogP contribution in [0.1, 0.15) is 28.4 Å². The number of pyridine rings is 1. The minimum atomic E-state index is -0.139. The minimum Gasteiger partial charge on any atom is -0.378 e. The lowest BCUT2D eigenvalue weighted by Gasteiger charge is -2.29. The molecule has 0 saturated carbocycles. The van der Waals surface area contributed by atoms with Crippen molar-refractivity contribution < 1.29 is 9.53 Å². The molecule has 4 rings (SSSR count). The van der Waals surface area contributed by atoms with E-state index in [0.717, 1.165) is 44.1 Å². The van der Waals surface area contributed by atoms with E-state index in [-0.39, 0.29) is 5.91 Å². The zero-order chi connectivity index (χ0) is 16.4. The standard InChI is InChI=1S/C16H20N6O2/c23-16(18-11-14-20-19-13-4-2-6-22(13)14)12-3-1-5-17-15(12)21-7-9-24-10-8-21/h1,3,5H,2,4,6-11H2,(H,18,23). The Morgan fingerprint density at radius 1 is 1.25 bits per heavy atom. The van der Waals surface area contributed by atoms with Crippen LogP contribution in [-0.4, -0.2) is 52.0 Å². The number of amides is 1. The maximum absolute atomic E-state index is 12.6. The number of nitrogens with zero attached hydrogens (tertiary/aromatic N) is 5. The van der Waals surface area contributed by atoms with Crippen molar-refractivity contribution in [3.8, 4) is 0 Å². The molecule has 0 aliphatic carbocycles. The first-order chi connectivity index (χ1) is 11.8. The molecule has 0 bridgehead atoms. The summed E-state index contributed by atoms with van der Waals surface area (Å²) in [4.78, 5) is 19.1. The number of morpholine rings is 1. The summed E-state index contributed by atoms with van der Waals surface area (Å²) in [5.41, 5.74) is 0.584. The van der Waals surface area contributed by atoms with E-state index in [9.17, 15) is 4.79 Å². The Morgan fingerprint density at radius 3 is 3.00 bits per heavy atom. The number of fused-ring (bicyclic) bond motifs is 1. The number of carbonyl (C=O) groups excluding carboxylic acids is 1. The van der Waals surface area contributed by atoms with E-state index < -0.39 is 0 Å². The van der Waals surface area contributed by atoms with Gasteiger partial charge in [-0.15, -0.1) is 10.2 Å². The quantitative estimate of drug-likeness (QED) is 0.874. The maximum atomic E-state index is 12.6. The van der Waals surface area contributed by atoms with Crippen LogP contribution < -0.4 is 10.2 Å². The molecular formula is C16H20N6O2. The zero-order valence-corrected chi connectivity index (χ0v) is 13.4. The Labute approximate surface area is 139 Å². The summed E-state index contributed by atoms with van der Waals surface area (Å²) in [6, 6.07) is 3.59. The van der Waals surface area contributed by atoms with E-state index in [1.54, 1.807) is 18.3 Å². The monoisotopic (exact) mass is 328 g/mol. The normalized spacial score (nSPS) is 16.9. The molecule has 2 aliphatic heterocycles. The fraction of sp³-hybridized carbons (Fsp3) is 0.500. The van der Waals surface area contributed by atoms with Gasteiger partial charge in [0, 0.05) is 32.3 Å². The Bertz CT molecular complexity index is 738. The number of rotatable bonds is 4. The van der Waals surface area contributed by atoms with Crippen molar-refractivity contribution in [1.82, 2.24) is 25.1 Å². The highest BCUT2D eigenvalue weighted by molar-refractivity contribution is 5.98. The molecule has 0 radical (unpaired) electrons. The van der Waals surface area contributed by atoms with Gasteiger partial charge in [-0.25, -0.2) is 4.98 Å². The van der Waals surface area contributed by atoms with Gasteiger partial charge in [0.15, 0.2) is 5.82 Å². The minimum absolute atomic E-state index is 0.139. The average molecular weight is 328 g/mol. The summed E-state index contributed by atoms with van der Waals surface area (Å²) in [6.45, 7) is 4.11. The largest absolute Gasteiger partial charge is 0.378 e. The van der Waals surface area contributed by atoms with Crippen LogP contribution in [0.2, 0.25) is 0 Å². The van der Waals surface area contributed by atoms with Crippen molar-refractivity contribution in [3.63, 3.8) is 0 Å². The van der Waals surface area contributed by atoms with Crippen molar-refractivity contribution in [1.29, 1.82) is 0 Å². The zero-order valence-electron chi connectivity index (χ0n) is 13.4. The summed E-state index contributed by atoms with van der Waals surface area (Å²) in [7, 11) is 0. The molecule has 1 fully saturated rings. The van der Waals surface area contributed by atoms with Crippen LogP contribution in [0.15, 0.2) is 18.3 Å². The molecule has 2 aromatic rings. The van der Waals surface area contributed by atoms with Crippen molar-refractivity contribution >= 4 is 11.7 Å². The van der Waals surface area contributed by atoms with Crippen LogP contribution in [0.3, 0.4) is 0 Å². The molecule has 0 atom stereocenters. The van der Waals surface area contributed by atoms with Gasteiger partial charge in [0.1, 0.15) is 11.6 Å². The van der Waals surface area contributed by atoms with Gasteiger partial charge >= 0.3 is 0 Å². The van der Waals surface area contributed by atoms with E-state index in [1.807, 2.05) is 0 Å². The molecule has 1 amide bonds. The van der Waals surface area contributed by atoms with Gasteiger partial charge in [0.2, 0.25) is 0 Å². The Kier molecular flexibility index (Phi) is 4.12. The van der Waals surface area contributed by atoms with Crippen molar-refractivity contribution in [2.24, 2.45) is 0 Å². The van der Waals surface area contributed by atoms with Crippen LogP contribution in [-0.2, 0) is 24.2 Å². The predicted molar refractivity (Wildman–Crippen MR) is 86.8 cm³/mol. The van der Waals surface area contributed by atoms with Crippen LogP contribution in [0.25, 0.3) is 0 Å². The van der Waals surface area contributed by atoms with Crippen LogP contribution in [0.5, 0.6) is 0 Å².